The van der Waals surface area contributed by atoms with Gasteiger partial charge in [-0.05, 0) is 35.7 Å². The van der Waals surface area contributed by atoms with Crippen molar-refractivity contribution in [1.82, 2.24) is 0 Å². The molecule has 5 nitrogen and oxygen atoms in total. The van der Waals surface area contributed by atoms with Crippen LogP contribution in [-0.2, 0) is 13.0 Å². The summed E-state index contributed by atoms with van der Waals surface area (Å²) in [6.07, 6.45) is 0.935. The lowest BCUT2D eigenvalue weighted by Gasteiger charge is -2.08. The van der Waals surface area contributed by atoms with Gasteiger partial charge in [0.2, 0.25) is 0 Å². The minimum atomic E-state index is -0.490. The van der Waals surface area contributed by atoms with E-state index in [-0.39, 0.29) is 18.0 Å². The topological polar surface area (TPSA) is 78.4 Å². The highest BCUT2D eigenvalue weighted by Crippen LogP contribution is 2.23. The standard InChI is InChI=1S/C15H16N2O3/c1-2-11-4-3-5-13(8-11)20-10-12-6-7-14(16)15(9-12)17(18)19/h3-9H,2,10,16H2,1H3. The lowest BCUT2D eigenvalue weighted by molar-refractivity contribution is -0.384. The van der Waals surface area contributed by atoms with Gasteiger partial charge in [0.25, 0.3) is 5.69 Å². The Labute approximate surface area is 117 Å². The van der Waals surface area contributed by atoms with Crippen LogP contribution in [-0.4, -0.2) is 4.92 Å². The molecule has 0 atom stereocenters. The van der Waals surface area contributed by atoms with Crippen LogP contribution in [0, 0.1) is 10.1 Å². The molecule has 2 N–H and O–H groups in total. The van der Waals surface area contributed by atoms with Crippen molar-refractivity contribution < 1.29 is 9.66 Å². The number of hydrogen-bond acceptors (Lipinski definition) is 4. The molecule has 0 unspecified atom stereocenters. The van der Waals surface area contributed by atoms with E-state index in [0.29, 0.717) is 5.56 Å². The Morgan fingerprint density at radius 2 is 2.00 bits per heavy atom. The molecule has 5 heteroatoms. The zero-order valence-electron chi connectivity index (χ0n) is 11.2. The maximum atomic E-state index is 10.8. The van der Waals surface area contributed by atoms with Crippen LogP contribution in [0.1, 0.15) is 18.1 Å². The second-order valence-corrected chi connectivity index (χ2v) is 4.44. The number of benzene rings is 2. The Hall–Kier alpha value is -2.56. The van der Waals surface area contributed by atoms with Gasteiger partial charge in [-0.15, -0.1) is 0 Å². The molecule has 0 fully saturated rings. The Bertz CT molecular complexity index is 626. The molecule has 0 spiro atoms. The van der Waals surface area contributed by atoms with Gasteiger partial charge in [-0.1, -0.05) is 25.1 Å². The average molecular weight is 272 g/mol. The lowest BCUT2D eigenvalue weighted by atomic mass is 10.1. The molecule has 0 amide bonds. The van der Waals surface area contributed by atoms with Gasteiger partial charge in [-0.2, -0.15) is 0 Å². The van der Waals surface area contributed by atoms with Crippen molar-refractivity contribution in [1.29, 1.82) is 0 Å². The van der Waals surface area contributed by atoms with Crippen molar-refractivity contribution in [2.45, 2.75) is 20.0 Å². The molecule has 20 heavy (non-hydrogen) atoms. The van der Waals surface area contributed by atoms with E-state index in [1.807, 2.05) is 24.3 Å². The number of rotatable bonds is 5. The molecule has 0 saturated carbocycles. The summed E-state index contributed by atoms with van der Waals surface area (Å²) in [7, 11) is 0. The van der Waals surface area contributed by atoms with E-state index < -0.39 is 4.92 Å². The minimum absolute atomic E-state index is 0.0894. The highest BCUT2D eigenvalue weighted by molar-refractivity contribution is 5.59. The second-order valence-electron chi connectivity index (χ2n) is 4.44. The number of ether oxygens (including phenoxy) is 1. The fraction of sp³-hybridized carbons (Fsp3) is 0.200. The molecule has 2 aromatic rings. The van der Waals surface area contributed by atoms with E-state index in [1.165, 1.54) is 17.7 Å². The highest BCUT2D eigenvalue weighted by Gasteiger charge is 2.12. The first kappa shape index (κ1) is 13.9. The van der Waals surface area contributed by atoms with Crippen molar-refractivity contribution in [3.05, 3.63) is 63.7 Å². The van der Waals surface area contributed by atoms with Crippen LogP contribution in [0.2, 0.25) is 0 Å². The van der Waals surface area contributed by atoms with Crippen molar-refractivity contribution in [3.8, 4) is 5.75 Å². The Balaban J connectivity index is 2.10. The molecular formula is C15H16N2O3. The second kappa shape index (κ2) is 6.06. The molecular weight excluding hydrogens is 256 g/mol. The van der Waals surface area contributed by atoms with E-state index in [0.717, 1.165) is 12.2 Å². The van der Waals surface area contributed by atoms with Crippen LogP contribution in [0.3, 0.4) is 0 Å². The monoisotopic (exact) mass is 272 g/mol. The number of nitro benzene ring substituents is 1. The molecule has 0 aliphatic heterocycles. The summed E-state index contributed by atoms with van der Waals surface area (Å²) < 4.78 is 5.65. The van der Waals surface area contributed by atoms with Crippen LogP contribution >= 0.6 is 0 Å². The number of nitrogens with two attached hydrogens (primary N) is 1. The van der Waals surface area contributed by atoms with Crippen molar-refractivity contribution in [2.24, 2.45) is 0 Å². The quantitative estimate of drug-likeness (QED) is 0.514. The van der Waals surface area contributed by atoms with Crippen LogP contribution in [0.5, 0.6) is 5.75 Å². The maximum absolute atomic E-state index is 10.8. The number of nitrogen functional groups attached to an aromatic ring is 1. The van der Waals surface area contributed by atoms with Gasteiger partial charge >= 0.3 is 0 Å². The fourth-order valence-corrected chi connectivity index (χ4v) is 1.86. The van der Waals surface area contributed by atoms with E-state index >= 15 is 0 Å². The third-order valence-corrected chi connectivity index (χ3v) is 3.00. The van der Waals surface area contributed by atoms with Gasteiger partial charge in [-0.3, -0.25) is 10.1 Å². The summed E-state index contributed by atoms with van der Waals surface area (Å²) in [5, 5.41) is 10.8. The molecule has 0 radical (unpaired) electrons. The normalized spacial score (nSPS) is 10.2. The van der Waals surface area contributed by atoms with Crippen LogP contribution in [0.4, 0.5) is 11.4 Å². The average Bonchev–Trinajstić information content (AvgIpc) is 2.46. The molecule has 0 saturated heterocycles. The zero-order valence-corrected chi connectivity index (χ0v) is 11.2. The predicted octanol–water partition coefficient (Wildman–Crippen LogP) is 3.32. The molecule has 0 aromatic heterocycles. The molecule has 2 rings (SSSR count). The van der Waals surface area contributed by atoms with Gasteiger partial charge in [0.05, 0.1) is 4.92 Å². The molecule has 0 aliphatic rings. The van der Waals surface area contributed by atoms with Gasteiger partial charge in [0.1, 0.15) is 18.0 Å². The maximum Gasteiger partial charge on any atom is 0.292 e. The summed E-state index contributed by atoms with van der Waals surface area (Å²) in [4.78, 5) is 10.3. The van der Waals surface area contributed by atoms with Gasteiger partial charge < -0.3 is 10.5 Å². The summed E-state index contributed by atoms with van der Waals surface area (Å²) >= 11 is 0. The van der Waals surface area contributed by atoms with E-state index in [9.17, 15) is 10.1 Å². The predicted molar refractivity (Wildman–Crippen MR) is 77.7 cm³/mol. The molecule has 2 aromatic carbocycles. The first-order valence-corrected chi connectivity index (χ1v) is 6.34. The smallest absolute Gasteiger partial charge is 0.292 e. The highest BCUT2D eigenvalue weighted by atomic mass is 16.6. The number of aryl methyl sites for hydroxylation is 1. The first-order valence-electron chi connectivity index (χ1n) is 6.34. The summed E-state index contributed by atoms with van der Waals surface area (Å²) in [5.74, 6) is 0.754. The third kappa shape index (κ3) is 3.26. The van der Waals surface area contributed by atoms with Crippen LogP contribution < -0.4 is 10.5 Å². The Kier molecular flexibility index (Phi) is 4.20. The van der Waals surface area contributed by atoms with E-state index in [1.54, 1.807) is 6.07 Å². The summed E-state index contributed by atoms with van der Waals surface area (Å²) in [6.45, 7) is 2.34. The summed E-state index contributed by atoms with van der Waals surface area (Å²) in [5.41, 5.74) is 7.52. The zero-order chi connectivity index (χ0) is 14.5. The number of nitro groups is 1. The Morgan fingerprint density at radius 3 is 2.70 bits per heavy atom. The number of anilines is 1. The van der Waals surface area contributed by atoms with Crippen molar-refractivity contribution in [2.75, 3.05) is 5.73 Å². The van der Waals surface area contributed by atoms with Gasteiger partial charge in [-0.25, -0.2) is 0 Å². The largest absolute Gasteiger partial charge is 0.489 e. The first-order chi connectivity index (χ1) is 9.60. The SMILES string of the molecule is CCc1cccc(OCc2ccc(N)c([N+](=O)[O-])c2)c1. The van der Waals surface area contributed by atoms with Crippen LogP contribution in [0.25, 0.3) is 0 Å². The lowest BCUT2D eigenvalue weighted by Crippen LogP contribution is -2.00. The van der Waals surface area contributed by atoms with E-state index in [4.69, 9.17) is 10.5 Å². The van der Waals surface area contributed by atoms with E-state index in [2.05, 4.69) is 6.92 Å². The minimum Gasteiger partial charge on any atom is -0.489 e. The molecule has 0 aliphatic carbocycles. The Morgan fingerprint density at radius 1 is 1.20 bits per heavy atom. The third-order valence-electron chi connectivity index (χ3n) is 3.00. The number of nitrogens with zero attached hydrogens (tertiary/aromatic N) is 1. The molecule has 0 heterocycles. The van der Waals surface area contributed by atoms with Gasteiger partial charge in [0.15, 0.2) is 0 Å². The molecule has 0 bridgehead atoms. The van der Waals surface area contributed by atoms with Crippen molar-refractivity contribution >= 4 is 11.4 Å². The van der Waals surface area contributed by atoms with Gasteiger partial charge in [0, 0.05) is 6.07 Å². The number of hydrogen-bond donors (Lipinski definition) is 1. The van der Waals surface area contributed by atoms with Crippen LogP contribution in [0.15, 0.2) is 42.5 Å². The van der Waals surface area contributed by atoms with Crippen molar-refractivity contribution in [3.63, 3.8) is 0 Å². The summed E-state index contributed by atoms with van der Waals surface area (Å²) in [6, 6.07) is 12.5. The fourth-order valence-electron chi connectivity index (χ4n) is 1.86. The molecule has 104 valence electrons.